The summed E-state index contributed by atoms with van der Waals surface area (Å²) in [6, 6.07) is 4.31. The number of aryl methyl sites for hydroxylation is 2. The minimum absolute atomic E-state index is 0.0451. The number of nitrogens with zero attached hydrogens (tertiary/aromatic N) is 16. The largest absolute Gasteiger partial charge is 0.383 e. The molecule has 2 atom stereocenters. The SMILES string of the molecule is CNc1nc(-c2nc3cnc(N4CCOCC4)cc3n2C(C)COC)cn2c(CCC(C)OCCn3c(-c4cn5c(C)nnc5c(NC(C)C)n4)nc4cnc(N5CCOCC5)cc43)nnc12. The molecule has 2 aliphatic heterocycles. The molecule has 0 radical (unpaired) electrons. The Morgan fingerprint density at radius 2 is 1.34 bits per heavy atom. The normalized spacial score (nSPS) is 15.8. The number of hydrogen-bond acceptors (Lipinski definition) is 18. The molecule has 8 aromatic rings. The Morgan fingerprint density at radius 3 is 2.03 bits per heavy atom. The number of rotatable bonds is 17. The molecule has 0 aliphatic carbocycles. The summed E-state index contributed by atoms with van der Waals surface area (Å²) in [5, 5.41) is 24.7. The van der Waals surface area contributed by atoms with Gasteiger partial charge in [0.25, 0.3) is 0 Å². The second-order valence-corrected chi connectivity index (χ2v) is 17.4. The number of aromatic nitrogens is 14. The molecule has 0 amide bonds. The van der Waals surface area contributed by atoms with Gasteiger partial charge in [-0.1, -0.05) is 0 Å². The number of ether oxygens (including phenoxy) is 4. The lowest BCUT2D eigenvalue weighted by Gasteiger charge is -2.28. The van der Waals surface area contributed by atoms with Crippen LogP contribution >= 0.6 is 0 Å². The summed E-state index contributed by atoms with van der Waals surface area (Å²) in [4.78, 5) is 34.4. The molecular formula is C45H58N18O4. The van der Waals surface area contributed by atoms with Gasteiger partial charge in [-0.2, -0.15) is 0 Å². The molecule has 2 aliphatic rings. The second-order valence-electron chi connectivity index (χ2n) is 17.4. The first-order valence-corrected chi connectivity index (χ1v) is 23.1. The van der Waals surface area contributed by atoms with Crippen LogP contribution in [0.25, 0.3) is 56.4 Å². The van der Waals surface area contributed by atoms with Gasteiger partial charge in [0.05, 0.1) is 75.2 Å². The average molecular weight is 915 g/mol. The average Bonchev–Trinajstić information content (AvgIpc) is 4.13. The van der Waals surface area contributed by atoms with Crippen molar-refractivity contribution in [3.05, 3.63) is 48.6 Å². The summed E-state index contributed by atoms with van der Waals surface area (Å²) in [5.41, 5.74) is 6.10. The third kappa shape index (κ3) is 8.76. The van der Waals surface area contributed by atoms with E-state index in [1.807, 2.05) is 47.6 Å². The smallest absolute Gasteiger partial charge is 0.203 e. The topological polar surface area (TPSA) is 215 Å². The standard InChI is InChI=1S/C45H58N18O4/c1-27(2)49-41-45-56-54-30(5)61(45)24-33(51-41)42-52-31-22-47-38(58-10-15-65-16-11-58)20-35(31)60(42)14-19-67-29(4)8-9-37-55-57-44-40(46-6)50-34(25-62(37)44)43-53-32-23-48-39(59-12-17-66-18-13-59)21-36(32)63(43)28(3)26-64-7/h20-25,27-29H,8-19,26H2,1-7H3,(H,46,50)(H,49,51). The van der Waals surface area contributed by atoms with Crippen LogP contribution in [0.1, 0.15) is 51.8 Å². The Kier molecular flexibility index (Phi) is 12.5. The number of fused-ring (bicyclic) bond motifs is 4. The molecule has 0 bridgehead atoms. The minimum atomic E-state index is -0.107. The van der Waals surface area contributed by atoms with Crippen LogP contribution in [-0.4, -0.2) is 160 Å². The van der Waals surface area contributed by atoms with Crippen LogP contribution in [0.15, 0.2) is 36.9 Å². The van der Waals surface area contributed by atoms with E-state index in [1.165, 1.54) is 0 Å². The fraction of sp³-hybridized carbons (Fsp3) is 0.511. The quantitative estimate of drug-likeness (QED) is 0.129. The second kappa shape index (κ2) is 18.9. The van der Waals surface area contributed by atoms with Crippen molar-refractivity contribution in [1.29, 1.82) is 0 Å². The van der Waals surface area contributed by atoms with Gasteiger partial charge in [0.15, 0.2) is 23.3 Å². The molecule has 2 N–H and O–H groups in total. The van der Waals surface area contributed by atoms with E-state index in [0.717, 1.165) is 71.5 Å². The Hall–Kier alpha value is -6.62. The summed E-state index contributed by atoms with van der Waals surface area (Å²) in [6.07, 6.45) is 8.82. The molecule has 22 heteroatoms. The first kappa shape index (κ1) is 44.2. The predicted octanol–water partition coefficient (Wildman–Crippen LogP) is 4.47. The lowest BCUT2D eigenvalue weighted by atomic mass is 10.2. The number of morpholine rings is 2. The lowest BCUT2D eigenvalue weighted by Crippen LogP contribution is -2.36. The first-order chi connectivity index (χ1) is 32.7. The van der Waals surface area contributed by atoms with E-state index in [-0.39, 0.29) is 18.2 Å². The molecule has 2 unspecified atom stereocenters. The van der Waals surface area contributed by atoms with Gasteiger partial charge in [-0.25, -0.2) is 29.9 Å². The zero-order chi connectivity index (χ0) is 46.2. The van der Waals surface area contributed by atoms with E-state index in [2.05, 4.69) is 89.8 Å². The zero-order valence-electron chi connectivity index (χ0n) is 39.2. The van der Waals surface area contributed by atoms with Gasteiger partial charge < -0.3 is 48.5 Å². The highest BCUT2D eigenvalue weighted by molar-refractivity contribution is 5.84. The van der Waals surface area contributed by atoms with Crippen molar-refractivity contribution in [1.82, 2.24) is 68.2 Å². The molecule has 0 aromatic carbocycles. The molecule has 2 saturated heterocycles. The third-order valence-electron chi connectivity index (χ3n) is 12.3. The van der Waals surface area contributed by atoms with Crippen LogP contribution in [0.4, 0.5) is 23.3 Å². The van der Waals surface area contributed by atoms with Gasteiger partial charge in [0.1, 0.15) is 45.7 Å². The van der Waals surface area contributed by atoms with Crippen molar-refractivity contribution in [2.75, 3.05) is 100 Å². The third-order valence-corrected chi connectivity index (χ3v) is 12.3. The zero-order valence-corrected chi connectivity index (χ0v) is 39.2. The summed E-state index contributed by atoms with van der Waals surface area (Å²) in [7, 11) is 3.55. The fourth-order valence-electron chi connectivity index (χ4n) is 8.94. The number of imidazole rings is 2. The summed E-state index contributed by atoms with van der Waals surface area (Å²) >= 11 is 0. The van der Waals surface area contributed by atoms with Crippen LogP contribution in [0.3, 0.4) is 0 Å². The van der Waals surface area contributed by atoms with Crippen molar-refractivity contribution in [3.63, 3.8) is 0 Å². The fourth-order valence-corrected chi connectivity index (χ4v) is 8.94. The van der Waals surface area contributed by atoms with Crippen molar-refractivity contribution in [2.24, 2.45) is 0 Å². The van der Waals surface area contributed by atoms with Gasteiger partial charge in [-0.05, 0) is 41.0 Å². The molecule has 10 heterocycles. The molecule has 22 nitrogen and oxygen atoms in total. The molecule has 352 valence electrons. The minimum Gasteiger partial charge on any atom is -0.383 e. The Labute approximate surface area is 387 Å². The number of pyridine rings is 2. The number of hydrogen-bond donors (Lipinski definition) is 2. The monoisotopic (exact) mass is 914 g/mol. The highest BCUT2D eigenvalue weighted by Gasteiger charge is 2.25. The van der Waals surface area contributed by atoms with E-state index >= 15 is 0 Å². The van der Waals surface area contributed by atoms with E-state index in [9.17, 15) is 0 Å². The van der Waals surface area contributed by atoms with Crippen LogP contribution < -0.4 is 20.4 Å². The molecule has 0 saturated carbocycles. The van der Waals surface area contributed by atoms with E-state index < -0.39 is 0 Å². The maximum Gasteiger partial charge on any atom is 0.203 e. The molecule has 8 aromatic heterocycles. The van der Waals surface area contributed by atoms with Gasteiger partial charge in [0.2, 0.25) is 11.3 Å². The number of methoxy groups -OCH3 is 1. The van der Waals surface area contributed by atoms with Gasteiger partial charge in [-0.15, -0.1) is 20.4 Å². The predicted molar refractivity (Wildman–Crippen MR) is 254 cm³/mol. The number of anilines is 4. The molecule has 0 spiro atoms. The van der Waals surface area contributed by atoms with Gasteiger partial charge >= 0.3 is 0 Å². The Morgan fingerprint density at radius 1 is 0.731 bits per heavy atom. The first-order valence-electron chi connectivity index (χ1n) is 23.1. The molecule has 67 heavy (non-hydrogen) atoms. The van der Waals surface area contributed by atoms with Crippen LogP contribution in [0.5, 0.6) is 0 Å². The molecular weight excluding hydrogens is 857 g/mol. The van der Waals surface area contributed by atoms with Crippen LogP contribution in [0, 0.1) is 6.92 Å². The molecule has 10 rings (SSSR count). The highest BCUT2D eigenvalue weighted by Crippen LogP contribution is 2.32. The van der Waals surface area contributed by atoms with Gasteiger partial charge in [0, 0.05) is 83.9 Å². The van der Waals surface area contributed by atoms with Gasteiger partial charge in [-0.3, -0.25) is 8.80 Å². The lowest BCUT2D eigenvalue weighted by molar-refractivity contribution is 0.0553. The number of nitrogens with one attached hydrogen (secondary N) is 2. The van der Waals surface area contributed by atoms with Crippen LogP contribution in [0.2, 0.25) is 0 Å². The van der Waals surface area contributed by atoms with E-state index in [0.29, 0.717) is 105 Å². The van der Waals surface area contributed by atoms with Crippen molar-refractivity contribution >= 4 is 56.6 Å². The molecule has 2 fully saturated rings. The Balaban J connectivity index is 0.911. The maximum absolute atomic E-state index is 6.58. The van der Waals surface area contributed by atoms with Crippen molar-refractivity contribution < 1.29 is 18.9 Å². The Bertz CT molecular complexity index is 3020. The maximum atomic E-state index is 6.58. The van der Waals surface area contributed by atoms with Crippen LogP contribution in [-0.2, 0) is 31.9 Å². The van der Waals surface area contributed by atoms with Crippen molar-refractivity contribution in [3.8, 4) is 23.0 Å². The summed E-state index contributed by atoms with van der Waals surface area (Å²) in [6.45, 7) is 17.5. The summed E-state index contributed by atoms with van der Waals surface area (Å²) in [5.74, 6) is 5.97. The summed E-state index contributed by atoms with van der Waals surface area (Å²) < 4.78 is 31.8. The highest BCUT2D eigenvalue weighted by atomic mass is 16.5. The van der Waals surface area contributed by atoms with Crippen molar-refractivity contribution in [2.45, 2.75) is 72.2 Å². The van der Waals surface area contributed by atoms with E-state index in [1.54, 1.807) is 7.11 Å². The van der Waals surface area contributed by atoms with E-state index in [4.69, 9.17) is 48.9 Å².